The number of nitrogens with two attached hydrogens (primary N) is 1. The van der Waals surface area contributed by atoms with Crippen LogP contribution in [0.2, 0.25) is 0 Å². The molecule has 0 unspecified atom stereocenters. The molecular weight excluding hydrogens is 170 g/mol. The molecule has 0 aromatic heterocycles. The molecular formula is C13H21N. The fraction of sp³-hybridized carbons (Fsp3) is 0.538. The molecule has 0 spiro atoms. The molecule has 0 amide bonds. The van der Waals surface area contributed by atoms with Crippen molar-refractivity contribution in [1.29, 1.82) is 0 Å². The standard InChI is InChI=1S/C13H21N/c1-4-10-7-8-11(5-2)12(9-10)13(14)6-3/h7-9,13H,4-6,14H2,1-3H3/t13-/m0/s1. The van der Waals surface area contributed by atoms with Crippen LogP contribution in [0.4, 0.5) is 0 Å². The van der Waals surface area contributed by atoms with Crippen LogP contribution >= 0.6 is 0 Å². The summed E-state index contributed by atoms with van der Waals surface area (Å²) >= 11 is 0. The monoisotopic (exact) mass is 191 g/mol. The zero-order valence-corrected chi connectivity index (χ0v) is 9.51. The van der Waals surface area contributed by atoms with Crippen molar-refractivity contribution in [3.8, 4) is 0 Å². The molecule has 2 N–H and O–H groups in total. The lowest BCUT2D eigenvalue weighted by molar-refractivity contribution is 0.688. The molecule has 0 bridgehead atoms. The fourth-order valence-electron chi connectivity index (χ4n) is 1.75. The summed E-state index contributed by atoms with van der Waals surface area (Å²) in [4.78, 5) is 0. The summed E-state index contributed by atoms with van der Waals surface area (Å²) in [5.41, 5.74) is 10.2. The molecule has 1 nitrogen and oxygen atoms in total. The number of hydrogen-bond donors (Lipinski definition) is 1. The van der Waals surface area contributed by atoms with Gasteiger partial charge in [-0.2, -0.15) is 0 Å². The first-order valence-corrected chi connectivity index (χ1v) is 5.60. The first kappa shape index (κ1) is 11.3. The van der Waals surface area contributed by atoms with Gasteiger partial charge < -0.3 is 5.73 Å². The van der Waals surface area contributed by atoms with E-state index < -0.39 is 0 Å². The van der Waals surface area contributed by atoms with Crippen LogP contribution < -0.4 is 5.73 Å². The summed E-state index contributed by atoms with van der Waals surface area (Å²) in [5, 5.41) is 0. The van der Waals surface area contributed by atoms with Crippen molar-refractivity contribution < 1.29 is 0 Å². The van der Waals surface area contributed by atoms with E-state index in [4.69, 9.17) is 5.73 Å². The molecule has 1 heteroatoms. The van der Waals surface area contributed by atoms with E-state index in [-0.39, 0.29) is 6.04 Å². The zero-order chi connectivity index (χ0) is 10.6. The Morgan fingerprint density at radius 2 is 1.86 bits per heavy atom. The van der Waals surface area contributed by atoms with Gasteiger partial charge in [0.15, 0.2) is 0 Å². The first-order chi connectivity index (χ1) is 6.72. The minimum atomic E-state index is 0.205. The van der Waals surface area contributed by atoms with Gasteiger partial charge in [0.2, 0.25) is 0 Å². The molecule has 1 aromatic rings. The van der Waals surface area contributed by atoms with Crippen molar-refractivity contribution in [3.05, 3.63) is 34.9 Å². The average molecular weight is 191 g/mol. The minimum Gasteiger partial charge on any atom is -0.324 e. The lowest BCUT2D eigenvalue weighted by atomic mass is 9.94. The Labute approximate surface area is 87.3 Å². The number of benzene rings is 1. The Kier molecular flexibility index (Phi) is 4.15. The second-order valence-corrected chi connectivity index (χ2v) is 3.76. The van der Waals surface area contributed by atoms with Crippen LogP contribution in [0.1, 0.15) is 49.9 Å². The fourth-order valence-corrected chi connectivity index (χ4v) is 1.75. The van der Waals surface area contributed by atoms with Crippen LogP contribution in [0.3, 0.4) is 0 Å². The van der Waals surface area contributed by atoms with Gasteiger partial charge >= 0.3 is 0 Å². The largest absolute Gasteiger partial charge is 0.324 e. The van der Waals surface area contributed by atoms with Gasteiger partial charge in [0.25, 0.3) is 0 Å². The number of aryl methyl sites for hydroxylation is 2. The van der Waals surface area contributed by atoms with Crippen LogP contribution in [-0.2, 0) is 12.8 Å². The van der Waals surface area contributed by atoms with Gasteiger partial charge in [0, 0.05) is 6.04 Å². The first-order valence-electron chi connectivity index (χ1n) is 5.60. The van der Waals surface area contributed by atoms with Crippen molar-refractivity contribution in [2.24, 2.45) is 5.73 Å². The Balaban J connectivity index is 3.08. The van der Waals surface area contributed by atoms with Gasteiger partial charge in [-0.15, -0.1) is 0 Å². The molecule has 78 valence electrons. The maximum atomic E-state index is 6.09. The number of hydrogen-bond acceptors (Lipinski definition) is 1. The Morgan fingerprint density at radius 1 is 1.14 bits per heavy atom. The molecule has 0 fully saturated rings. The maximum absolute atomic E-state index is 6.09. The lowest BCUT2D eigenvalue weighted by Crippen LogP contribution is -2.11. The van der Waals surface area contributed by atoms with E-state index in [0.29, 0.717) is 0 Å². The third kappa shape index (κ3) is 2.36. The summed E-state index contributed by atoms with van der Waals surface area (Å²) in [6.45, 7) is 6.51. The van der Waals surface area contributed by atoms with E-state index in [1.807, 2.05) is 0 Å². The third-order valence-corrected chi connectivity index (χ3v) is 2.84. The van der Waals surface area contributed by atoms with E-state index >= 15 is 0 Å². The maximum Gasteiger partial charge on any atom is 0.0295 e. The van der Waals surface area contributed by atoms with Crippen molar-refractivity contribution in [2.75, 3.05) is 0 Å². The molecule has 1 atom stereocenters. The highest BCUT2D eigenvalue weighted by molar-refractivity contribution is 5.34. The Hall–Kier alpha value is -0.820. The third-order valence-electron chi connectivity index (χ3n) is 2.84. The van der Waals surface area contributed by atoms with Crippen molar-refractivity contribution in [3.63, 3.8) is 0 Å². The van der Waals surface area contributed by atoms with Crippen LogP contribution in [-0.4, -0.2) is 0 Å². The quantitative estimate of drug-likeness (QED) is 0.777. The van der Waals surface area contributed by atoms with Crippen molar-refractivity contribution >= 4 is 0 Å². The molecule has 0 saturated carbocycles. The molecule has 14 heavy (non-hydrogen) atoms. The Bertz CT molecular complexity index is 291. The van der Waals surface area contributed by atoms with E-state index in [2.05, 4.69) is 39.0 Å². The van der Waals surface area contributed by atoms with Gasteiger partial charge in [0.05, 0.1) is 0 Å². The van der Waals surface area contributed by atoms with E-state index in [9.17, 15) is 0 Å². The van der Waals surface area contributed by atoms with Crippen molar-refractivity contribution in [1.82, 2.24) is 0 Å². The second kappa shape index (κ2) is 5.16. The normalized spacial score (nSPS) is 12.9. The highest BCUT2D eigenvalue weighted by atomic mass is 14.6. The van der Waals surface area contributed by atoms with E-state index in [1.165, 1.54) is 16.7 Å². The predicted molar refractivity (Wildman–Crippen MR) is 62.4 cm³/mol. The van der Waals surface area contributed by atoms with Crippen LogP contribution in [0.15, 0.2) is 18.2 Å². The molecule has 1 aromatic carbocycles. The summed E-state index contributed by atoms with van der Waals surface area (Å²) < 4.78 is 0. The van der Waals surface area contributed by atoms with Crippen LogP contribution in [0.5, 0.6) is 0 Å². The average Bonchev–Trinajstić information content (AvgIpc) is 2.27. The van der Waals surface area contributed by atoms with Gasteiger partial charge in [-0.1, -0.05) is 39.0 Å². The summed E-state index contributed by atoms with van der Waals surface area (Å²) in [7, 11) is 0. The minimum absolute atomic E-state index is 0.205. The Morgan fingerprint density at radius 3 is 2.36 bits per heavy atom. The van der Waals surface area contributed by atoms with Crippen LogP contribution in [0.25, 0.3) is 0 Å². The second-order valence-electron chi connectivity index (χ2n) is 3.76. The van der Waals surface area contributed by atoms with Gasteiger partial charge in [-0.05, 0) is 36.0 Å². The highest BCUT2D eigenvalue weighted by Crippen LogP contribution is 2.21. The molecule has 0 radical (unpaired) electrons. The topological polar surface area (TPSA) is 26.0 Å². The molecule has 0 aliphatic heterocycles. The SMILES string of the molecule is CCc1ccc(CC)c([C@@H](N)CC)c1. The molecule has 0 saturated heterocycles. The summed E-state index contributed by atoms with van der Waals surface area (Å²) in [6, 6.07) is 6.91. The molecule has 0 heterocycles. The lowest BCUT2D eigenvalue weighted by Gasteiger charge is -2.15. The predicted octanol–water partition coefficient (Wildman–Crippen LogP) is 3.22. The van der Waals surface area contributed by atoms with Gasteiger partial charge in [0.1, 0.15) is 0 Å². The van der Waals surface area contributed by atoms with Crippen molar-refractivity contribution in [2.45, 2.75) is 46.1 Å². The molecule has 0 aliphatic rings. The molecule has 1 rings (SSSR count). The summed E-state index contributed by atoms with van der Waals surface area (Å²) in [6.07, 6.45) is 3.18. The van der Waals surface area contributed by atoms with E-state index in [0.717, 1.165) is 19.3 Å². The highest BCUT2D eigenvalue weighted by Gasteiger charge is 2.08. The van der Waals surface area contributed by atoms with Gasteiger partial charge in [-0.25, -0.2) is 0 Å². The molecule has 0 aliphatic carbocycles. The smallest absolute Gasteiger partial charge is 0.0295 e. The zero-order valence-electron chi connectivity index (χ0n) is 9.51. The summed E-state index contributed by atoms with van der Waals surface area (Å²) in [5.74, 6) is 0. The van der Waals surface area contributed by atoms with E-state index in [1.54, 1.807) is 0 Å². The van der Waals surface area contributed by atoms with Gasteiger partial charge in [-0.3, -0.25) is 0 Å². The van der Waals surface area contributed by atoms with Crippen LogP contribution in [0, 0.1) is 0 Å². The number of rotatable bonds is 4.